The summed E-state index contributed by atoms with van der Waals surface area (Å²) in [7, 11) is -16.7. The summed E-state index contributed by atoms with van der Waals surface area (Å²) in [5.41, 5.74) is 1.04. The number of carboxylic acids is 1. The van der Waals surface area contributed by atoms with Gasteiger partial charge in [-0.25, -0.2) is 23.3 Å². The minimum Gasteiger partial charge on any atom is -0.508 e. The molecule has 1 saturated heterocycles. The van der Waals surface area contributed by atoms with Gasteiger partial charge >= 0.3 is 35.1 Å². The van der Waals surface area contributed by atoms with Crippen LogP contribution in [0.25, 0.3) is 44.5 Å². The molecule has 23 heteroatoms. The SMILES string of the molecule is O=C(O)c1cc(-c2ccc(C#Cc3cn([C@H]4CC[C@@H](COP(=O)(O)OP(=O)(O)OP(=O)(O)O)O4)c(=O)[nH]c3=O)cc2)ccc1-c1c2ccc(=O)cc-2oc2cc(O)ccc12. The van der Waals surface area contributed by atoms with Crippen molar-refractivity contribution in [1.29, 1.82) is 0 Å². The van der Waals surface area contributed by atoms with Crippen molar-refractivity contribution in [3.05, 3.63) is 133 Å². The fraction of sp³-hybridized carbons (Fsp3) is 0.135. The summed E-state index contributed by atoms with van der Waals surface area (Å²) in [6.45, 7) is -0.725. The van der Waals surface area contributed by atoms with E-state index in [9.17, 15) is 52.9 Å². The fourth-order valence-electron chi connectivity index (χ4n) is 6.44. The van der Waals surface area contributed by atoms with Crippen molar-refractivity contribution in [3.8, 4) is 51.2 Å². The maximum absolute atomic E-state index is 12.7. The quantitative estimate of drug-likeness (QED) is 0.0516. The molecule has 20 nitrogen and oxygen atoms in total. The molecule has 1 fully saturated rings. The molecular weight excluding hydrogens is 853 g/mol. The third-order valence-electron chi connectivity index (χ3n) is 8.96. The van der Waals surface area contributed by atoms with Gasteiger partial charge in [0.05, 0.1) is 18.3 Å². The number of phosphoric acid groups is 3. The van der Waals surface area contributed by atoms with E-state index in [4.69, 9.17) is 18.9 Å². The summed E-state index contributed by atoms with van der Waals surface area (Å²) in [6, 6.07) is 20.1. The van der Waals surface area contributed by atoms with Crippen LogP contribution in [0, 0.1) is 11.8 Å². The Labute approximate surface area is 335 Å². The topological polar surface area (TPSA) is 312 Å². The van der Waals surface area contributed by atoms with Gasteiger partial charge in [-0.3, -0.25) is 23.7 Å². The van der Waals surface area contributed by atoms with Gasteiger partial charge in [0, 0.05) is 40.4 Å². The van der Waals surface area contributed by atoms with Gasteiger partial charge in [-0.15, -0.1) is 0 Å². The van der Waals surface area contributed by atoms with Crippen molar-refractivity contribution < 1.29 is 70.6 Å². The van der Waals surface area contributed by atoms with Crippen molar-refractivity contribution in [3.63, 3.8) is 0 Å². The third-order valence-corrected chi connectivity index (χ3v) is 12.8. The van der Waals surface area contributed by atoms with E-state index >= 15 is 0 Å². The lowest BCUT2D eigenvalue weighted by atomic mass is 9.89. The Morgan fingerprint density at radius 1 is 0.833 bits per heavy atom. The van der Waals surface area contributed by atoms with E-state index in [1.165, 1.54) is 30.3 Å². The number of nitrogens with zero attached hydrogens (tertiary/aromatic N) is 1. The van der Waals surface area contributed by atoms with E-state index in [0.29, 0.717) is 38.8 Å². The Morgan fingerprint density at radius 3 is 2.27 bits per heavy atom. The number of nitrogens with one attached hydrogen (secondary N) is 1. The number of hydrogen-bond donors (Lipinski definition) is 7. The van der Waals surface area contributed by atoms with Crippen LogP contribution in [0.2, 0.25) is 0 Å². The number of phosphoric ester groups is 1. The van der Waals surface area contributed by atoms with Gasteiger partial charge in [-0.2, -0.15) is 8.62 Å². The van der Waals surface area contributed by atoms with Crippen LogP contribution in [-0.4, -0.2) is 58.0 Å². The smallest absolute Gasteiger partial charge is 0.490 e. The zero-order valence-electron chi connectivity index (χ0n) is 30.2. The maximum Gasteiger partial charge on any atom is 0.490 e. The minimum absolute atomic E-state index is 0.0457. The molecule has 0 saturated carbocycles. The number of carbonyl (C=O) groups is 1. The van der Waals surface area contributed by atoms with E-state index in [1.54, 1.807) is 48.5 Å². The van der Waals surface area contributed by atoms with Gasteiger partial charge in [0.25, 0.3) is 5.56 Å². The summed E-state index contributed by atoms with van der Waals surface area (Å²) in [6.07, 6.45) is -0.577. The fourth-order valence-corrected chi connectivity index (χ4v) is 9.49. The number of fused-ring (bicyclic) bond motifs is 2. The van der Waals surface area contributed by atoms with Crippen LogP contribution in [0.4, 0.5) is 0 Å². The van der Waals surface area contributed by atoms with Crippen molar-refractivity contribution >= 4 is 40.4 Å². The first kappa shape index (κ1) is 42.4. The number of H-pyrrole nitrogens is 1. The molecule has 3 heterocycles. The molecule has 0 amide bonds. The predicted molar refractivity (Wildman–Crippen MR) is 209 cm³/mol. The Kier molecular flexibility index (Phi) is 11.5. The van der Waals surface area contributed by atoms with Gasteiger partial charge in [0.1, 0.15) is 28.9 Å². The number of aromatic hydroxyl groups is 1. The van der Waals surface area contributed by atoms with Gasteiger partial charge in [-0.1, -0.05) is 36.1 Å². The largest absolute Gasteiger partial charge is 0.508 e. The van der Waals surface area contributed by atoms with Crippen LogP contribution in [-0.2, 0) is 31.6 Å². The minimum atomic E-state index is -5.72. The van der Waals surface area contributed by atoms with Crippen molar-refractivity contribution in [2.24, 2.45) is 0 Å². The molecular formula is C37H29N2O18P3. The summed E-state index contributed by atoms with van der Waals surface area (Å²) >= 11 is 0. The number of rotatable bonds is 11. The molecule has 0 bridgehead atoms. The summed E-state index contributed by atoms with van der Waals surface area (Å²) < 4.78 is 59.0. The Morgan fingerprint density at radius 2 is 1.55 bits per heavy atom. The number of aromatic amines is 1. The van der Waals surface area contributed by atoms with E-state index in [2.05, 4.69) is 30.0 Å². The zero-order valence-corrected chi connectivity index (χ0v) is 32.9. The number of aromatic nitrogens is 2. The van der Waals surface area contributed by atoms with E-state index in [-0.39, 0.29) is 46.5 Å². The Balaban J connectivity index is 1.08. The van der Waals surface area contributed by atoms with E-state index < -0.39 is 59.6 Å². The monoisotopic (exact) mass is 882 g/mol. The molecule has 1 aromatic heterocycles. The lowest BCUT2D eigenvalue weighted by Crippen LogP contribution is -2.33. The first-order valence-corrected chi connectivity index (χ1v) is 21.8. The van der Waals surface area contributed by atoms with E-state index in [0.717, 1.165) is 10.8 Å². The summed E-state index contributed by atoms with van der Waals surface area (Å²) in [5.74, 6) is 4.45. The number of hydrogen-bond acceptors (Lipinski definition) is 13. The highest BCUT2D eigenvalue weighted by Gasteiger charge is 2.41. The average Bonchev–Trinajstić information content (AvgIpc) is 3.63. The number of benzene rings is 4. The number of phenols is 1. The Bertz CT molecular complexity index is 3050. The highest BCUT2D eigenvalue weighted by molar-refractivity contribution is 7.66. The molecule has 4 atom stereocenters. The lowest BCUT2D eigenvalue weighted by Gasteiger charge is -2.19. The number of carboxylic acid groups (broad SMARTS) is 1. The molecule has 310 valence electrons. The Hall–Kier alpha value is -5.77. The number of aromatic carboxylic acids is 1. The first-order chi connectivity index (χ1) is 28.2. The maximum atomic E-state index is 12.7. The molecule has 4 aromatic rings. The van der Waals surface area contributed by atoms with Crippen molar-refractivity contribution in [2.45, 2.75) is 25.2 Å². The molecule has 7 rings (SSSR count). The van der Waals surface area contributed by atoms with Gasteiger partial charge in [0.2, 0.25) is 0 Å². The molecule has 7 N–H and O–H groups in total. The van der Waals surface area contributed by atoms with Gasteiger partial charge in [0.15, 0.2) is 5.43 Å². The van der Waals surface area contributed by atoms with Crippen molar-refractivity contribution in [2.75, 3.05) is 6.61 Å². The second kappa shape index (κ2) is 16.4. The molecule has 0 radical (unpaired) electrons. The van der Waals surface area contributed by atoms with Gasteiger partial charge in [-0.05, 0) is 72.0 Å². The third kappa shape index (κ3) is 9.64. The molecule has 0 spiro atoms. The standard InChI is InChI=1S/C37H29N2O18P3/c40-24-8-12-28-31(16-24)55-32-17-25(41)9-13-29(32)34(28)27-11-7-22(15-30(27)36(43)44)21-4-1-20(2-5-21)3-6-23-18-39(37(45)38-35(23)42)33-14-10-26(54-33)19-53-59(49,50)57-60(51,52)56-58(46,47)48/h1-2,4-5,7-9,11-13,15-18,26,33,40H,10,14,19H2,(H,43,44)(H,49,50)(H,51,52)(H,38,42,45)(H2,46,47,48)/t26-,33+/m0/s1. The molecule has 3 aromatic carbocycles. The first-order valence-electron chi connectivity index (χ1n) is 17.2. The highest BCUT2D eigenvalue weighted by atomic mass is 31.3. The second-order valence-electron chi connectivity index (χ2n) is 13.1. The highest BCUT2D eigenvalue weighted by Crippen LogP contribution is 2.66. The average molecular weight is 883 g/mol. The normalized spacial score (nSPS) is 17.5. The summed E-state index contributed by atoms with van der Waals surface area (Å²) in [4.78, 5) is 88.7. The number of ether oxygens (including phenoxy) is 1. The summed E-state index contributed by atoms with van der Waals surface area (Å²) in [5, 5.41) is 21.0. The van der Waals surface area contributed by atoms with Crippen LogP contribution >= 0.6 is 23.5 Å². The van der Waals surface area contributed by atoms with Crippen LogP contribution in [0.5, 0.6) is 5.75 Å². The van der Waals surface area contributed by atoms with Crippen LogP contribution in [0.15, 0.2) is 104 Å². The van der Waals surface area contributed by atoms with Crippen LogP contribution in [0.1, 0.15) is 40.6 Å². The van der Waals surface area contributed by atoms with Crippen LogP contribution < -0.4 is 16.7 Å². The van der Waals surface area contributed by atoms with Gasteiger partial charge < -0.3 is 38.9 Å². The number of phenolic OH excluding ortho intramolecular Hbond substituents is 1. The van der Waals surface area contributed by atoms with Crippen LogP contribution in [0.3, 0.4) is 0 Å². The molecule has 2 aliphatic heterocycles. The molecule has 2 unspecified atom stereocenters. The zero-order chi connectivity index (χ0) is 43.1. The predicted octanol–water partition coefficient (Wildman–Crippen LogP) is 4.91. The molecule has 1 aliphatic carbocycles. The lowest BCUT2D eigenvalue weighted by molar-refractivity contribution is -0.0243. The molecule has 3 aliphatic rings. The molecule has 60 heavy (non-hydrogen) atoms. The van der Waals surface area contributed by atoms with E-state index in [1.807, 2.05) is 0 Å². The second-order valence-corrected chi connectivity index (χ2v) is 17.5. The van der Waals surface area contributed by atoms with Crippen molar-refractivity contribution in [1.82, 2.24) is 9.55 Å².